The molecule has 0 saturated carbocycles. The van der Waals surface area contributed by atoms with Gasteiger partial charge < -0.3 is 10.2 Å². The Hall–Kier alpha value is -0.940. The molecule has 0 radical (unpaired) electrons. The summed E-state index contributed by atoms with van der Waals surface area (Å²) in [5.41, 5.74) is 0.0954. The lowest BCUT2D eigenvalue weighted by Gasteiger charge is -2.29. The number of likely N-dealkylation sites (tertiary alicyclic amines) is 1. The number of carbonyl (C=O) groups is 1. The number of hydrogen-bond donors (Lipinski definition) is 1. The van der Waals surface area contributed by atoms with Crippen molar-refractivity contribution in [3.8, 4) is 0 Å². The zero-order chi connectivity index (χ0) is 15.5. The van der Waals surface area contributed by atoms with Gasteiger partial charge in [-0.2, -0.15) is 0 Å². The van der Waals surface area contributed by atoms with Gasteiger partial charge in [-0.05, 0) is 26.2 Å². The Kier molecular flexibility index (Phi) is 5.38. The third-order valence-electron chi connectivity index (χ3n) is 3.82. The lowest BCUT2D eigenvalue weighted by molar-refractivity contribution is -0.133. The monoisotopic (exact) mass is 309 g/mol. The molecule has 118 valence electrons. The van der Waals surface area contributed by atoms with Crippen LogP contribution in [0.15, 0.2) is 6.20 Å². The van der Waals surface area contributed by atoms with E-state index in [4.69, 9.17) is 0 Å². The summed E-state index contributed by atoms with van der Waals surface area (Å²) in [4.78, 5) is 20.0. The fourth-order valence-corrected chi connectivity index (χ4v) is 3.39. The number of hydrogen-bond acceptors (Lipinski definition) is 4. The summed E-state index contributed by atoms with van der Waals surface area (Å²) in [7, 11) is 0. The molecule has 1 fully saturated rings. The van der Waals surface area contributed by atoms with Gasteiger partial charge in [0, 0.05) is 36.1 Å². The standard InChI is InChI=1S/C16H27N3OS/c1-12(14(20)19-8-6-5-7-9-19)17-10-13-11-18-15(21-13)16(2,3)4/h11-12,17H,5-10H2,1-4H3. The minimum atomic E-state index is -0.122. The minimum Gasteiger partial charge on any atom is -0.341 e. The van der Waals surface area contributed by atoms with Gasteiger partial charge in [-0.1, -0.05) is 20.8 Å². The first-order valence-corrected chi connectivity index (χ1v) is 8.67. The second-order valence-corrected chi connectivity index (χ2v) is 7.99. The van der Waals surface area contributed by atoms with E-state index in [0.717, 1.165) is 30.9 Å². The molecule has 1 aliphatic heterocycles. The van der Waals surface area contributed by atoms with Gasteiger partial charge in [0.1, 0.15) is 0 Å². The molecule has 1 atom stereocenters. The van der Waals surface area contributed by atoms with Gasteiger partial charge in [0.2, 0.25) is 5.91 Å². The van der Waals surface area contributed by atoms with Gasteiger partial charge in [0.15, 0.2) is 0 Å². The highest BCUT2D eigenvalue weighted by atomic mass is 32.1. The average Bonchev–Trinajstić information content (AvgIpc) is 2.94. The zero-order valence-electron chi connectivity index (χ0n) is 13.6. The molecule has 21 heavy (non-hydrogen) atoms. The fraction of sp³-hybridized carbons (Fsp3) is 0.750. The van der Waals surface area contributed by atoms with Crippen molar-refractivity contribution in [2.45, 2.75) is 65.0 Å². The van der Waals surface area contributed by atoms with Crippen molar-refractivity contribution in [3.05, 3.63) is 16.1 Å². The molecule has 1 unspecified atom stereocenters. The van der Waals surface area contributed by atoms with Crippen LogP contribution in [0.4, 0.5) is 0 Å². The second-order valence-electron chi connectivity index (χ2n) is 6.87. The fourth-order valence-electron chi connectivity index (χ4n) is 2.47. The second kappa shape index (κ2) is 6.88. The summed E-state index contributed by atoms with van der Waals surface area (Å²) in [5, 5.41) is 4.49. The number of amides is 1. The number of piperidine rings is 1. The van der Waals surface area contributed by atoms with Crippen LogP contribution in [0.1, 0.15) is 56.8 Å². The Balaban J connectivity index is 1.84. The molecule has 0 bridgehead atoms. The molecular formula is C16H27N3OS. The van der Waals surface area contributed by atoms with Crippen molar-refractivity contribution >= 4 is 17.2 Å². The largest absolute Gasteiger partial charge is 0.341 e. The predicted molar refractivity (Wildman–Crippen MR) is 87.5 cm³/mol. The molecule has 2 rings (SSSR count). The smallest absolute Gasteiger partial charge is 0.239 e. The maximum atomic E-state index is 12.3. The highest BCUT2D eigenvalue weighted by molar-refractivity contribution is 7.11. The highest BCUT2D eigenvalue weighted by Gasteiger charge is 2.22. The predicted octanol–water partition coefficient (Wildman–Crippen LogP) is 2.93. The van der Waals surface area contributed by atoms with Crippen LogP contribution in [-0.4, -0.2) is 34.9 Å². The minimum absolute atomic E-state index is 0.0954. The Morgan fingerprint density at radius 3 is 2.62 bits per heavy atom. The Bertz CT molecular complexity index is 472. The van der Waals surface area contributed by atoms with E-state index in [2.05, 4.69) is 31.1 Å². The van der Waals surface area contributed by atoms with Crippen molar-refractivity contribution < 1.29 is 4.79 Å². The van der Waals surface area contributed by atoms with E-state index in [0.29, 0.717) is 6.54 Å². The van der Waals surface area contributed by atoms with Gasteiger partial charge in [0.25, 0.3) is 0 Å². The number of thiazole rings is 1. The van der Waals surface area contributed by atoms with Gasteiger partial charge in [0.05, 0.1) is 11.0 Å². The molecule has 1 saturated heterocycles. The summed E-state index contributed by atoms with van der Waals surface area (Å²) in [6.45, 7) is 11.0. The van der Waals surface area contributed by atoms with Gasteiger partial charge in [-0.15, -0.1) is 11.3 Å². The molecule has 2 heterocycles. The third kappa shape index (κ3) is 4.51. The number of nitrogens with zero attached hydrogens (tertiary/aromatic N) is 2. The molecule has 0 aromatic carbocycles. The first kappa shape index (κ1) is 16.4. The summed E-state index contributed by atoms with van der Waals surface area (Å²) < 4.78 is 0. The normalized spacial score (nSPS) is 17.8. The van der Waals surface area contributed by atoms with Crippen LogP contribution in [0.5, 0.6) is 0 Å². The van der Waals surface area contributed by atoms with Crippen molar-refractivity contribution in [3.63, 3.8) is 0 Å². The molecule has 0 spiro atoms. The van der Waals surface area contributed by atoms with Crippen molar-refractivity contribution in [2.75, 3.05) is 13.1 Å². The molecule has 4 nitrogen and oxygen atoms in total. The SMILES string of the molecule is CC(NCc1cnc(C(C)(C)C)s1)C(=O)N1CCCCC1. The molecule has 1 aromatic heterocycles. The van der Waals surface area contributed by atoms with E-state index < -0.39 is 0 Å². The van der Waals surface area contributed by atoms with Crippen LogP contribution in [0.2, 0.25) is 0 Å². The molecule has 0 aliphatic carbocycles. The Labute approximate surface area is 132 Å². The maximum absolute atomic E-state index is 12.3. The van der Waals surface area contributed by atoms with Gasteiger partial charge >= 0.3 is 0 Å². The molecule has 5 heteroatoms. The van der Waals surface area contributed by atoms with Gasteiger partial charge in [-0.25, -0.2) is 4.98 Å². The topological polar surface area (TPSA) is 45.2 Å². The molecule has 1 aliphatic rings. The number of nitrogens with one attached hydrogen (secondary N) is 1. The van der Waals surface area contributed by atoms with Crippen LogP contribution in [0.3, 0.4) is 0 Å². The zero-order valence-corrected chi connectivity index (χ0v) is 14.4. The van der Waals surface area contributed by atoms with E-state index in [9.17, 15) is 4.79 Å². The maximum Gasteiger partial charge on any atom is 0.239 e. The van der Waals surface area contributed by atoms with Crippen LogP contribution in [0.25, 0.3) is 0 Å². The van der Waals surface area contributed by atoms with E-state index >= 15 is 0 Å². The van der Waals surface area contributed by atoms with Crippen LogP contribution in [-0.2, 0) is 16.8 Å². The number of carbonyl (C=O) groups excluding carboxylic acids is 1. The number of rotatable bonds is 4. The van der Waals surface area contributed by atoms with E-state index in [-0.39, 0.29) is 17.4 Å². The van der Waals surface area contributed by atoms with Crippen LogP contribution < -0.4 is 5.32 Å². The molecule has 1 N–H and O–H groups in total. The summed E-state index contributed by atoms with van der Waals surface area (Å²) in [5.74, 6) is 0.232. The molecule has 1 aromatic rings. The summed E-state index contributed by atoms with van der Waals surface area (Å²) >= 11 is 1.73. The average molecular weight is 309 g/mol. The number of aromatic nitrogens is 1. The van der Waals surface area contributed by atoms with Crippen molar-refractivity contribution in [1.82, 2.24) is 15.2 Å². The lowest BCUT2D eigenvalue weighted by Crippen LogP contribution is -2.46. The van der Waals surface area contributed by atoms with Crippen molar-refractivity contribution in [2.24, 2.45) is 0 Å². The molecular weight excluding hydrogens is 282 g/mol. The third-order valence-corrected chi connectivity index (χ3v) is 5.24. The van der Waals surface area contributed by atoms with E-state index in [1.54, 1.807) is 11.3 Å². The van der Waals surface area contributed by atoms with Gasteiger partial charge in [-0.3, -0.25) is 4.79 Å². The summed E-state index contributed by atoms with van der Waals surface area (Å²) in [6, 6.07) is -0.122. The quantitative estimate of drug-likeness (QED) is 0.930. The van der Waals surface area contributed by atoms with E-state index in [1.807, 2.05) is 18.0 Å². The van der Waals surface area contributed by atoms with Crippen LogP contribution >= 0.6 is 11.3 Å². The van der Waals surface area contributed by atoms with Crippen molar-refractivity contribution in [1.29, 1.82) is 0 Å². The summed E-state index contributed by atoms with van der Waals surface area (Å²) in [6.07, 6.45) is 5.46. The highest BCUT2D eigenvalue weighted by Crippen LogP contribution is 2.26. The first-order valence-electron chi connectivity index (χ1n) is 7.85. The Morgan fingerprint density at radius 1 is 1.38 bits per heavy atom. The molecule has 1 amide bonds. The Morgan fingerprint density at radius 2 is 2.05 bits per heavy atom. The van der Waals surface area contributed by atoms with Crippen LogP contribution in [0, 0.1) is 0 Å². The first-order chi connectivity index (χ1) is 9.88. The van der Waals surface area contributed by atoms with E-state index in [1.165, 1.54) is 11.3 Å². The lowest BCUT2D eigenvalue weighted by atomic mass is 9.98.